The zero-order valence-corrected chi connectivity index (χ0v) is 21.1. The number of aliphatic hydroxyl groups is 2. The van der Waals surface area contributed by atoms with E-state index in [1.807, 2.05) is 44.2 Å². The van der Waals surface area contributed by atoms with E-state index < -0.39 is 30.4 Å². The van der Waals surface area contributed by atoms with Gasteiger partial charge >= 0.3 is 5.97 Å². The summed E-state index contributed by atoms with van der Waals surface area (Å²) in [5, 5.41) is 33.7. The van der Waals surface area contributed by atoms with Gasteiger partial charge in [0.15, 0.2) is 5.69 Å². The molecule has 9 heteroatoms. The van der Waals surface area contributed by atoms with E-state index in [0.29, 0.717) is 23.5 Å². The molecule has 0 unspecified atom stereocenters. The number of benzene rings is 2. The predicted molar refractivity (Wildman–Crippen MR) is 138 cm³/mol. The first-order chi connectivity index (χ1) is 17.6. The maximum Gasteiger partial charge on any atom is 0.305 e. The molecule has 1 amide bonds. The van der Waals surface area contributed by atoms with Crippen LogP contribution in [0.3, 0.4) is 0 Å². The van der Waals surface area contributed by atoms with Crippen molar-refractivity contribution in [1.82, 2.24) is 14.7 Å². The summed E-state index contributed by atoms with van der Waals surface area (Å²) in [6, 6.07) is 15.2. The van der Waals surface area contributed by atoms with Crippen molar-refractivity contribution in [2.45, 2.75) is 51.4 Å². The van der Waals surface area contributed by atoms with Gasteiger partial charge in [0.05, 0.1) is 30.0 Å². The molecule has 0 fully saturated rings. The fourth-order valence-electron chi connectivity index (χ4n) is 4.06. The molecular formula is C28H32FN3O5. The van der Waals surface area contributed by atoms with Gasteiger partial charge in [-0.3, -0.25) is 9.59 Å². The normalized spacial score (nSPS) is 13.2. The van der Waals surface area contributed by atoms with Gasteiger partial charge < -0.3 is 20.2 Å². The fraction of sp³-hybridized carbons (Fsp3) is 0.321. The van der Waals surface area contributed by atoms with Crippen molar-refractivity contribution in [3.05, 3.63) is 89.0 Å². The number of hydrogen-bond acceptors (Lipinski definition) is 5. The lowest BCUT2D eigenvalue weighted by Gasteiger charge is -2.17. The molecule has 1 aromatic heterocycles. The topological polar surface area (TPSA) is 116 Å². The molecule has 0 aliphatic heterocycles. The Morgan fingerprint density at radius 2 is 1.73 bits per heavy atom. The minimum Gasteiger partial charge on any atom is -0.481 e. The van der Waals surface area contributed by atoms with Crippen LogP contribution in [0.15, 0.2) is 60.7 Å². The zero-order chi connectivity index (χ0) is 27.1. The highest BCUT2D eigenvalue weighted by molar-refractivity contribution is 5.95. The molecule has 0 bridgehead atoms. The zero-order valence-electron chi connectivity index (χ0n) is 21.1. The molecule has 37 heavy (non-hydrogen) atoms. The summed E-state index contributed by atoms with van der Waals surface area (Å²) in [5.41, 5.74) is 2.88. The van der Waals surface area contributed by atoms with Crippen molar-refractivity contribution in [2.24, 2.45) is 0 Å². The lowest BCUT2D eigenvalue weighted by Crippen LogP contribution is -2.27. The number of carbonyl (C=O) groups is 2. The maximum absolute atomic E-state index is 13.6. The van der Waals surface area contributed by atoms with Crippen LogP contribution in [0.1, 0.15) is 59.9 Å². The molecule has 0 aliphatic carbocycles. The Bertz CT molecular complexity index is 1240. The Hall–Kier alpha value is -3.82. The van der Waals surface area contributed by atoms with Crippen LogP contribution < -0.4 is 0 Å². The van der Waals surface area contributed by atoms with Gasteiger partial charge in [0, 0.05) is 25.6 Å². The smallest absolute Gasteiger partial charge is 0.305 e. The van der Waals surface area contributed by atoms with E-state index in [9.17, 15) is 24.2 Å². The molecule has 1 heterocycles. The van der Waals surface area contributed by atoms with Crippen molar-refractivity contribution < 1.29 is 29.3 Å². The second-order valence-electron chi connectivity index (χ2n) is 9.25. The van der Waals surface area contributed by atoms with E-state index in [1.54, 1.807) is 30.2 Å². The monoisotopic (exact) mass is 509 g/mol. The van der Waals surface area contributed by atoms with Crippen molar-refractivity contribution in [2.75, 3.05) is 7.05 Å². The van der Waals surface area contributed by atoms with Crippen LogP contribution in [0.2, 0.25) is 0 Å². The van der Waals surface area contributed by atoms with Crippen LogP contribution in [0.4, 0.5) is 4.39 Å². The van der Waals surface area contributed by atoms with Gasteiger partial charge in [-0.05, 0) is 41.8 Å². The highest BCUT2D eigenvalue weighted by Crippen LogP contribution is 2.29. The molecular weight excluding hydrogens is 477 g/mol. The number of hydrogen-bond donors (Lipinski definition) is 3. The Morgan fingerprint density at radius 1 is 1.08 bits per heavy atom. The van der Waals surface area contributed by atoms with Crippen LogP contribution in [-0.2, 0) is 11.3 Å². The van der Waals surface area contributed by atoms with Crippen molar-refractivity contribution in [1.29, 1.82) is 0 Å². The molecule has 0 spiro atoms. The summed E-state index contributed by atoms with van der Waals surface area (Å²) in [6.07, 6.45) is 0.0182. The summed E-state index contributed by atoms with van der Waals surface area (Å²) in [6.45, 7) is 4.22. The van der Waals surface area contributed by atoms with Gasteiger partial charge in [0.2, 0.25) is 0 Å². The highest BCUT2D eigenvalue weighted by Gasteiger charge is 2.27. The molecule has 196 valence electrons. The fourth-order valence-corrected chi connectivity index (χ4v) is 4.06. The van der Waals surface area contributed by atoms with E-state index in [1.165, 1.54) is 22.9 Å². The molecule has 0 saturated heterocycles. The number of carboxylic acid groups (broad SMARTS) is 1. The third-order valence-electron chi connectivity index (χ3n) is 5.82. The number of aromatic nitrogens is 2. The first kappa shape index (κ1) is 27.8. The van der Waals surface area contributed by atoms with Gasteiger partial charge in [0.1, 0.15) is 5.82 Å². The Morgan fingerprint density at radius 3 is 2.32 bits per heavy atom. The van der Waals surface area contributed by atoms with Crippen molar-refractivity contribution in [3.8, 4) is 5.69 Å². The third-order valence-corrected chi connectivity index (χ3v) is 5.82. The van der Waals surface area contributed by atoms with Gasteiger partial charge in [-0.1, -0.05) is 50.3 Å². The van der Waals surface area contributed by atoms with Gasteiger partial charge in [-0.25, -0.2) is 9.07 Å². The number of rotatable bonds is 11. The first-order valence-electron chi connectivity index (χ1n) is 12.0. The number of carbonyl (C=O) groups excluding carboxylic acids is 1. The van der Waals surface area contributed by atoms with Gasteiger partial charge in [-0.15, -0.1) is 0 Å². The predicted octanol–water partition coefficient (Wildman–Crippen LogP) is 4.01. The standard InChI is InChI=1S/C28H32FN3O5/c1-18(2)26-24(14-13-22(33)15-23(34)16-25(35)36)32(21-11-9-20(29)10-12-21)30-27(26)28(37)31(3)17-19-7-5-4-6-8-19/h4-14,18,22-23,33-34H,15-17H2,1-3H3,(H,35,36)/b14-13+/t22-,23-/m1/s1. The Labute approximate surface area is 215 Å². The lowest BCUT2D eigenvalue weighted by molar-refractivity contribution is -0.139. The highest BCUT2D eigenvalue weighted by atomic mass is 19.1. The second kappa shape index (κ2) is 12.4. The summed E-state index contributed by atoms with van der Waals surface area (Å²) in [7, 11) is 1.69. The van der Waals surface area contributed by atoms with Crippen LogP contribution in [0.5, 0.6) is 0 Å². The summed E-state index contributed by atoms with van der Waals surface area (Å²) in [5.74, 6) is -2.00. The number of aliphatic hydroxyl groups excluding tert-OH is 2. The van der Waals surface area contributed by atoms with E-state index in [4.69, 9.17) is 5.11 Å². The molecule has 3 aromatic rings. The Balaban J connectivity index is 2.02. The maximum atomic E-state index is 13.6. The van der Waals surface area contributed by atoms with Gasteiger partial charge in [-0.2, -0.15) is 5.10 Å². The number of amides is 1. The number of halogens is 1. The van der Waals surface area contributed by atoms with E-state index in [2.05, 4.69) is 5.10 Å². The van der Waals surface area contributed by atoms with Crippen LogP contribution in [-0.4, -0.2) is 61.1 Å². The molecule has 3 rings (SSSR count). The molecule has 0 saturated carbocycles. The van der Waals surface area contributed by atoms with Gasteiger partial charge in [0.25, 0.3) is 5.91 Å². The molecule has 0 aliphatic rings. The summed E-state index contributed by atoms with van der Waals surface area (Å²) >= 11 is 0. The van der Waals surface area contributed by atoms with E-state index in [0.717, 1.165) is 5.56 Å². The molecule has 8 nitrogen and oxygen atoms in total. The SMILES string of the molecule is CC(C)c1c(C(=O)N(C)Cc2ccccc2)nn(-c2ccc(F)cc2)c1/C=C/[C@@H](O)C[C@@H](O)CC(=O)O. The molecule has 0 radical (unpaired) electrons. The largest absolute Gasteiger partial charge is 0.481 e. The average Bonchev–Trinajstić information content (AvgIpc) is 3.22. The second-order valence-corrected chi connectivity index (χ2v) is 9.25. The number of nitrogens with zero attached hydrogens (tertiary/aromatic N) is 3. The van der Waals surface area contributed by atoms with E-state index in [-0.39, 0.29) is 23.9 Å². The summed E-state index contributed by atoms with van der Waals surface area (Å²) in [4.78, 5) is 25.9. The quantitative estimate of drug-likeness (QED) is 0.360. The minimum absolute atomic E-state index is 0.132. The van der Waals surface area contributed by atoms with Crippen LogP contribution in [0, 0.1) is 5.82 Å². The Kier molecular flexibility index (Phi) is 9.32. The first-order valence-corrected chi connectivity index (χ1v) is 12.0. The molecule has 2 atom stereocenters. The number of aliphatic carboxylic acids is 1. The van der Waals surface area contributed by atoms with Crippen LogP contribution in [0.25, 0.3) is 11.8 Å². The summed E-state index contributed by atoms with van der Waals surface area (Å²) < 4.78 is 15.1. The number of carboxylic acids is 1. The molecule has 2 aromatic carbocycles. The minimum atomic E-state index is -1.22. The average molecular weight is 510 g/mol. The van der Waals surface area contributed by atoms with Crippen LogP contribution >= 0.6 is 0 Å². The van der Waals surface area contributed by atoms with Crippen molar-refractivity contribution in [3.63, 3.8) is 0 Å². The van der Waals surface area contributed by atoms with E-state index >= 15 is 0 Å². The lowest BCUT2D eigenvalue weighted by atomic mass is 9.98. The third kappa shape index (κ3) is 7.34. The van der Waals surface area contributed by atoms with Crippen molar-refractivity contribution >= 4 is 18.0 Å². The molecule has 3 N–H and O–H groups in total.